The Balaban J connectivity index is 1.65. The molecule has 1 aliphatic heterocycles. The molecular weight excluding hydrogens is 212 g/mol. The number of aliphatic hydroxyl groups excluding tert-OH is 1. The van der Waals surface area contributed by atoms with E-state index in [1.165, 1.54) is 51.7 Å². The maximum atomic E-state index is 9.31. The van der Waals surface area contributed by atoms with E-state index >= 15 is 0 Å². The Morgan fingerprint density at radius 3 is 2.47 bits per heavy atom. The first kappa shape index (κ1) is 13.3. The van der Waals surface area contributed by atoms with E-state index in [0.29, 0.717) is 12.5 Å². The standard InChI is InChI=1S/C14H28N2O/c1-2-16-8-6-14(7-9-16)15-10-12-4-3-5-13(12)11-17/h12-15,17H,2-11H2,1H3. The van der Waals surface area contributed by atoms with E-state index in [1.54, 1.807) is 0 Å². The highest BCUT2D eigenvalue weighted by Crippen LogP contribution is 2.30. The maximum absolute atomic E-state index is 9.31. The lowest BCUT2D eigenvalue weighted by Gasteiger charge is -2.32. The van der Waals surface area contributed by atoms with Crippen LogP contribution in [-0.2, 0) is 0 Å². The SMILES string of the molecule is CCN1CCC(NCC2CCCC2CO)CC1. The van der Waals surface area contributed by atoms with Crippen molar-refractivity contribution < 1.29 is 5.11 Å². The highest BCUT2D eigenvalue weighted by molar-refractivity contribution is 4.82. The highest BCUT2D eigenvalue weighted by atomic mass is 16.3. The summed E-state index contributed by atoms with van der Waals surface area (Å²) in [5.74, 6) is 1.29. The van der Waals surface area contributed by atoms with Gasteiger partial charge in [0.1, 0.15) is 0 Å². The third-order valence-corrected chi connectivity index (χ3v) is 4.75. The normalized spacial score (nSPS) is 32.1. The zero-order valence-electron chi connectivity index (χ0n) is 11.2. The lowest BCUT2D eigenvalue weighted by molar-refractivity contribution is 0.176. The first-order valence-electron chi connectivity index (χ1n) is 7.40. The molecule has 2 unspecified atom stereocenters. The molecule has 2 fully saturated rings. The molecule has 2 aliphatic rings. The summed E-state index contributed by atoms with van der Waals surface area (Å²) in [7, 11) is 0. The third kappa shape index (κ3) is 3.67. The van der Waals surface area contributed by atoms with E-state index in [-0.39, 0.29) is 0 Å². The summed E-state index contributed by atoms with van der Waals surface area (Å²) >= 11 is 0. The second kappa shape index (κ2) is 6.72. The van der Waals surface area contributed by atoms with Crippen LogP contribution in [0.2, 0.25) is 0 Å². The summed E-state index contributed by atoms with van der Waals surface area (Å²) in [6.45, 7) is 7.47. The summed E-state index contributed by atoms with van der Waals surface area (Å²) in [4.78, 5) is 2.53. The first-order chi connectivity index (χ1) is 8.33. The van der Waals surface area contributed by atoms with Crippen LogP contribution in [-0.4, -0.2) is 48.8 Å². The molecule has 17 heavy (non-hydrogen) atoms. The molecule has 1 saturated carbocycles. The molecule has 1 aliphatic carbocycles. The zero-order chi connectivity index (χ0) is 12.1. The van der Waals surface area contributed by atoms with Gasteiger partial charge in [0.15, 0.2) is 0 Å². The number of hydrogen-bond donors (Lipinski definition) is 2. The molecular formula is C14H28N2O. The maximum Gasteiger partial charge on any atom is 0.0462 e. The van der Waals surface area contributed by atoms with Gasteiger partial charge in [0.25, 0.3) is 0 Å². The van der Waals surface area contributed by atoms with E-state index in [1.807, 2.05) is 0 Å². The van der Waals surface area contributed by atoms with Gasteiger partial charge in [-0.05, 0) is 63.7 Å². The minimum absolute atomic E-state index is 0.390. The van der Waals surface area contributed by atoms with Crippen molar-refractivity contribution in [3.05, 3.63) is 0 Å². The fraction of sp³-hybridized carbons (Fsp3) is 1.00. The van der Waals surface area contributed by atoms with Crippen LogP contribution in [0.4, 0.5) is 0 Å². The van der Waals surface area contributed by atoms with Crippen LogP contribution in [0.3, 0.4) is 0 Å². The quantitative estimate of drug-likeness (QED) is 0.764. The highest BCUT2D eigenvalue weighted by Gasteiger charge is 2.27. The third-order valence-electron chi connectivity index (χ3n) is 4.75. The van der Waals surface area contributed by atoms with Gasteiger partial charge in [0.05, 0.1) is 0 Å². The number of piperidine rings is 1. The van der Waals surface area contributed by atoms with Gasteiger partial charge in [-0.2, -0.15) is 0 Å². The van der Waals surface area contributed by atoms with Crippen molar-refractivity contribution in [2.24, 2.45) is 11.8 Å². The number of likely N-dealkylation sites (tertiary alicyclic amines) is 1. The second-order valence-electron chi connectivity index (χ2n) is 5.75. The van der Waals surface area contributed by atoms with Crippen LogP contribution in [0.25, 0.3) is 0 Å². The molecule has 100 valence electrons. The van der Waals surface area contributed by atoms with Gasteiger partial charge in [0, 0.05) is 12.6 Å². The summed E-state index contributed by atoms with van der Waals surface area (Å²) in [6.07, 6.45) is 6.45. The van der Waals surface area contributed by atoms with Crippen molar-refractivity contribution in [2.45, 2.75) is 45.1 Å². The summed E-state index contributed by atoms with van der Waals surface area (Å²) in [5, 5.41) is 13.0. The van der Waals surface area contributed by atoms with Crippen LogP contribution in [0.1, 0.15) is 39.0 Å². The van der Waals surface area contributed by atoms with Crippen LogP contribution in [0, 0.1) is 11.8 Å². The Kier molecular flexibility index (Phi) is 5.26. The molecule has 0 aromatic carbocycles. The Morgan fingerprint density at radius 1 is 1.12 bits per heavy atom. The molecule has 3 heteroatoms. The number of nitrogens with one attached hydrogen (secondary N) is 1. The number of nitrogens with zero attached hydrogens (tertiary/aromatic N) is 1. The molecule has 0 bridgehead atoms. The first-order valence-corrected chi connectivity index (χ1v) is 7.40. The van der Waals surface area contributed by atoms with Gasteiger partial charge in [-0.1, -0.05) is 13.3 Å². The molecule has 2 atom stereocenters. The van der Waals surface area contributed by atoms with Gasteiger partial charge >= 0.3 is 0 Å². The van der Waals surface area contributed by atoms with Crippen molar-refractivity contribution in [3.8, 4) is 0 Å². The van der Waals surface area contributed by atoms with Crippen molar-refractivity contribution in [3.63, 3.8) is 0 Å². The Labute approximate surface area is 106 Å². The largest absolute Gasteiger partial charge is 0.396 e. The van der Waals surface area contributed by atoms with Crippen molar-refractivity contribution in [2.75, 3.05) is 32.8 Å². The minimum Gasteiger partial charge on any atom is -0.396 e. The number of hydrogen-bond acceptors (Lipinski definition) is 3. The van der Waals surface area contributed by atoms with Gasteiger partial charge in [-0.25, -0.2) is 0 Å². The van der Waals surface area contributed by atoms with Crippen LogP contribution in [0.15, 0.2) is 0 Å². The smallest absolute Gasteiger partial charge is 0.0462 e. The van der Waals surface area contributed by atoms with Gasteiger partial charge in [-0.15, -0.1) is 0 Å². The topological polar surface area (TPSA) is 35.5 Å². The predicted octanol–water partition coefficient (Wildman–Crippen LogP) is 1.47. The van der Waals surface area contributed by atoms with Crippen molar-refractivity contribution in [1.82, 2.24) is 10.2 Å². The van der Waals surface area contributed by atoms with E-state index in [9.17, 15) is 5.11 Å². The summed E-state index contributed by atoms with van der Waals surface area (Å²) < 4.78 is 0. The lowest BCUT2D eigenvalue weighted by Crippen LogP contribution is -2.44. The van der Waals surface area contributed by atoms with E-state index in [4.69, 9.17) is 0 Å². The van der Waals surface area contributed by atoms with Gasteiger partial charge in [0.2, 0.25) is 0 Å². The molecule has 0 radical (unpaired) electrons. The van der Waals surface area contributed by atoms with Crippen LogP contribution >= 0.6 is 0 Å². The van der Waals surface area contributed by atoms with E-state index < -0.39 is 0 Å². The molecule has 2 N–H and O–H groups in total. The van der Waals surface area contributed by atoms with Gasteiger partial charge in [-0.3, -0.25) is 0 Å². The molecule has 0 spiro atoms. The Bertz CT molecular complexity index is 214. The van der Waals surface area contributed by atoms with Crippen LogP contribution < -0.4 is 5.32 Å². The average molecular weight is 240 g/mol. The van der Waals surface area contributed by atoms with Gasteiger partial charge < -0.3 is 15.3 Å². The Morgan fingerprint density at radius 2 is 1.82 bits per heavy atom. The predicted molar refractivity (Wildman–Crippen MR) is 71.1 cm³/mol. The fourth-order valence-electron chi connectivity index (χ4n) is 3.39. The van der Waals surface area contributed by atoms with Crippen molar-refractivity contribution in [1.29, 1.82) is 0 Å². The van der Waals surface area contributed by atoms with E-state index in [2.05, 4.69) is 17.1 Å². The molecule has 0 aromatic rings. The second-order valence-corrected chi connectivity index (χ2v) is 5.75. The fourth-order valence-corrected chi connectivity index (χ4v) is 3.39. The minimum atomic E-state index is 0.390. The summed E-state index contributed by atoms with van der Waals surface area (Å²) in [5.41, 5.74) is 0. The number of rotatable bonds is 5. The molecule has 3 nitrogen and oxygen atoms in total. The molecule has 0 aromatic heterocycles. The van der Waals surface area contributed by atoms with Crippen molar-refractivity contribution >= 4 is 0 Å². The molecule has 1 heterocycles. The zero-order valence-corrected chi connectivity index (χ0v) is 11.2. The number of aliphatic hydroxyl groups is 1. The van der Waals surface area contributed by atoms with E-state index in [0.717, 1.165) is 18.5 Å². The molecule has 1 saturated heterocycles. The average Bonchev–Trinajstić information content (AvgIpc) is 2.84. The molecule has 2 rings (SSSR count). The Hall–Kier alpha value is -0.120. The lowest BCUT2D eigenvalue weighted by atomic mass is 9.96. The summed E-state index contributed by atoms with van der Waals surface area (Å²) in [6, 6.07) is 0.720. The molecule has 0 amide bonds. The monoisotopic (exact) mass is 240 g/mol. The van der Waals surface area contributed by atoms with Crippen LogP contribution in [0.5, 0.6) is 0 Å².